The standard InChI is InChI=1S/C29H33N3O2/c1-19-11-14-21(15-12-19)31-18-27(33)32-25(16-13-20-7-3-2-4-8-20)28-23(17-26(32)29(31)34)22-9-5-6-10-24(22)30-28/h2-10,19,21,25-26,30H,11-18H2,1H3/t19?,21?,25-,26-/m0/s1. The van der Waals surface area contributed by atoms with E-state index in [1.807, 2.05) is 21.9 Å². The monoisotopic (exact) mass is 455 g/mol. The number of carbonyl (C=O) groups is 2. The molecule has 3 aromatic rings. The Bertz CT molecular complexity index is 1210. The maximum absolute atomic E-state index is 13.9. The van der Waals surface area contributed by atoms with Crippen molar-refractivity contribution in [2.45, 2.75) is 70.0 Å². The zero-order chi connectivity index (χ0) is 23.2. The van der Waals surface area contributed by atoms with E-state index in [9.17, 15) is 9.59 Å². The quantitative estimate of drug-likeness (QED) is 0.601. The SMILES string of the molecule is CC1CCC(N2CC(=O)N3[C@@H](Cc4c([nH]c5ccccc45)[C@@H]3CCc3ccccc3)C2=O)CC1. The summed E-state index contributed by atoms with van der Waals surface area (Å²) in [5.41, 5.74) is 4.69. The molecule has 1 aromatic heterocycles. The highest BCUT2D eigenvalue weighted by molar-refractivity contribution is 5.97. The minimum absolute atomic E-state index is 0.102. The van der Waals surface area contributed by atoms with E-state index in [-0.39, 0.29) is 30.4 Å². The van der Waals surface area contributed by atoms with Gasteiger partial charge in [0.25, 0.3) is 0 Å². The number of H-pyrrole nitrogens is 1. The number of piperazine rings is 1. The average Bonchev–Trinajstić information content (AvgIpc) is 3.24. The number of aromatic amines is 1. The Morgan fingerprint density at radius 2 is 1.68 bits per heavy atom. The predicted octanol–water partition coefficient (Wildman–Crippen LogP) is 5.02. The Balaban J connectivity index is 1.36. The van der Waals surface area contributed by atoms with Crippen molar-refractivity contribution >= 4 is 22.7 Å². The second-order valence-corrected chi connectivity index (χ2v) is 10.5. The van der Waals surface area contributed by atoms with Crippen LogP contribution in [-0.4, -0.2) is 45.2 Å². The molecule has 34 heavy (non-hydrogen) atoms. The van der Waals surface area contributed by atoms with Gasteiger partial charge in [-0.15, -0.1) is 0 Å². The molecule has 3 heterocycles. The number of rotatable bonds is 4. The summed E-state index contributed by atoms with van der Waals surface area (Å²) in [6, 6.07) is 18.5. The van der Waals surface area contributed by atoms with Crippen LogP contribution in [0.4, 0.5) is 0 Å². The molecule has 0 radical (unpaired) electrons. The third-order valence-electron chi connectivity index (χ3n) is 8.39. The van der Waals surface area contributed by atoms with Crippen LogP contribution in [0.15, 0.2) is 54.6 Å². The Hall–Kier alpha value is -3.08. The molecule has 2 fully saturated rings. The first-order chi connectivity index (χ1) is 16.6. The molecular weight excluding hydrogens is 422 g/mol. The van der Waals surface area contributed by atoms with Crippen LogP contribution in [-0.2, 0) is 22.4 Å². The molecule has 6 rings (SSSR count). The topological polar surface area (TPSA) is 56.4 Å². The van der Waals surface area contributed by atoms with Crippen molar-refractivity contribution < 1.29 is 9.59 Å². The van der Waals surface area contributed by atoms with Crippen LogP contribution in [0.25, 0.3) is 10.9 Å². The zero-order valence-corrected chi connectivity index (χ0v) is 19.9. The number of nitrogens with one attached hydrogen (secondary N) is 1. The smallest absolute Gasteiger partial charge is 0.246 e. The van der Waals surface area contributed by atoms with Gasteiger partial charge in [0.1, 0.15) is 12.6 Å². The number of amides is 2. The number of benzene rings is 2. The largest absolute Gasteiger partial charge is 0.356 e. The van der Waals surface area contributed by atoms with Gasteiger partial charge in [-0.05, 0) is 61.6 Å². The molecular formula is C29H33N3O2. The van der Waals surface area contributed by atoms with Crippen molar-refractivity contribution in [1.82, 2.24) is 14.8 Å². The third kappa shape index (κ3) is 3.62. The summed E-state index contributed by atoms with van der Waals surface area (Å²) >= 11 is 0. The molecule has 2 aliphatic heterocycles. The van der Waals surface area contributed by atoms with E-state index in [0.29, 0.717) is 12.3 Å². The molecule has 2 amide bonds. The highest BCUT2D eigenvalue weighted by atomic mass is 16.2. The number of hydrogen-bond acceptors (Lipinski definition) is 2. The van der Waals surface area contributed by atoms with Gasteiger partial charge in [-0.3, -0.25) is 9.59 Å². The highest BCUT2D eigenvalue weighted by Crippen LogP contribution is 2.42. The minimum Gasteiger partial charge on any atom is -0.356 e. The van der Waals surface area contributed by atoms with E-state index < -0.39 is 6.04 Å². The average molecular weight is 456 g/mol. The molecule has 1 N–H and O–H groups in total. The van der Waals surface area contributed by atoms with Crippen molar-refractivity contribution in [3.05, 3.63) is 71.4 Å². The van der Waals surface area contributed by atoms with Crippen LogP contribution in [0, 0.1) is 5.92 Å². The summed E-state index contributed by atoms with van der Waals surface area (Å²) in [6.07, 6.45) is 6.60. The van der Waals surface area contributed by atoms with Crippen LogP contribution in [0.2, 0.25) is 0 Å². The summed E-state index contributed by atoms with van der Waals surface area (Å²) in [5.74, 6) is 0.972. The first-order valence-electron chi connectivity index (χ1n) is 12.8. The van der Waals surface area contributed by atoms with E-state index in [1.54, 1.807) is 0 Å². The summed E-state index contributed by atoms with van der Waals surface area (Å²) < 4.78 is 0. The summed E-state index contributed by atoms with van der Waals surface area (Å²) in [7, 11) is 0. The summed E-state index contributed by atoms with van der Waals surface area (Å²) in [5, 5.41) is 1.19. The molecule has 5 heteroatoms. The summed E-state index contributed by atoms with van der Waals surface area (Å²) in [6.45, 7) is 2.52. The molecule has 0 unspecified atom stereocenters. The van der Waals surface area contributed by atoms with Crippen molar-refractivity contribution in [1.29, 1.82) is 0 Å². The van der Waals surface area contributed by atoms with E-state index in [2.05, 4.69) is 54.4 Å². The van der Waals surface area contributed by atoms with Crippen LogP contribution >= 0.6 is 0 Å². The molecule has 1 saturated heterocycles. The zero-order valence-electron chi connectivity index (χ0n) is 19.9. The molecule has 5 nitrogen and oxygen atoms in total. The molecule has 3 aliphatic rings. The van der Waals surface area contributed by atoms with E-state index in [4.69, 9.17) is 0 Å². The van der Waals surface area contributed by atoms with Gasteiger partial charge in [0.15, 0.2) is 0 Å². The lowest BCUT2D eigenvalue weighted by Gasteiger charge is -2.49. The van der Waals surface area contributed by atoms with Crippen LogP contribution in [0.3, 0.4) is 0 Å². The fourth-order valence-electron chi connectivity index (χ4n) is 6.52. The van der Waals surface area contributed by atoms with Crippen molar-refractivity contribution in [2.75, 3.05) is 6.54 Å². The van der Waals surface area contributed by atoms with Crippen LogP contribution in [0.5, 0.6) is 0 Å². The lowest BCUT2D eigenvalue weighted by atomic mass is 9.83. The Morgan fingerprint density at radius 1 is 0.941 bits per heavy atom. The van der Waals surface area contributed by atoms with Gasteiger partial charge in [0.2, 0.25) is 11.8 Å². The first-order valence-corrected chi connectivity index (χ1v) is 12.8. The van der Waals surface area contributed by atoms with Crippen molar-refractivity contribution in [3.63, 3.8) is 0 Å². The number of carbonyl (C=O) groups excluding carboxylic acids is 2. The molecule has 176 valence electrons. The van der Waals surface area contributed by atoms with Gasteiger partial charge in [-0.1, -0.05) is 55.5 Å². The number of hydrogen-bond donors (Lipinski definition) is 1. The number of fused-ring (bicyclic) bond motifs is 4. The van der Waals surface area contributed by atoms with Gasteiger partial charge in [0, 0.05) is 29.1 Å². The molecule has 2 aromatic carbocycles. The van der Waals surface area contributed by atoms with Crippen molar-refractivity contribution in [3.8, 4) is 0 Å². The number of aromatic nitrogens is 1. The van der Waals surface area contributed by atoms with Gasteiger partial charge in [0.05, 0.1) is 6.04 Å². The van der Waals surface area contributed by atoms with Crippen LogP contribution in [0.1, 0.15) is 61.9 Å². The number of para-hydroxylation sites is 1. The van der Waals surface area contributed by atoms with E-state index in [0.717, 1.165) is 49.7 Å². The maximum Gasteiger partial charge on any atom is 0.246 e. The van der Waals surface area contributed by atoms with Gasteiger partial charge >= 0.3 is 0 Å². The molecule has 0 bridgehead atoms. The lowest BCUT2D eigenvalue weighted by molar-refractivity contribution is -0.162. The first kappa shape index (κ1) is 21.5. The maximum atomic E-state index is 13.9. The van der Waals surface area contributed by atoms with Crippen molar-refractivity contribution in [2.24, 2.45) is 5.92 Å². The predicted molar refractivity (Wildman–Crippen MR) is 133 cm³/mol. The summed E-state index contributed by atoms with van der Waals surface area (Å²) in [4.78, 5) is 35.1. The Kier molecular flexibility index (Phi) is 5.43. The number of nitrogens with zero attached hydrogens (tertiary/aromatic N) is 2. The molecule has 0 spiro atoms. The van der Waals surface area contributed by atoms with Gasteiger partial charge in [-0.2, -0.15) is 0 Å². The fourth-order valence-corrected chi connectivity index (χ4v) is 6.52. The number of aryl methyl sites for hydroxylation is 1. The minimum atomic E-state index is -0.395. The Morgan fingerprint density at radius 3 is 2.47 bits per heavy atom. The molecule has 1 saturated carbocycles. The third-order valence-corrected chi connectivity index (χ3v) is 8.39. The highest BCUT2D eigenvalue weighted by Gasteiger charge is 2.48. The van der Waals surface area contributed by atoms with E-state index >= 15 is 0 Å². The second kappa shape index (κ2) is 8.61. The molecule has 1 aliphatic carbocycles. The van der Waals surface area contributed by atoms with E-state index in [1.165, 1.54) is 16.5 Å². The van der Waals surface area contributed by atoms with Gasteiger partial charge < -0.3 is 14.8 Å². The fraction of sp³-hybridized carbons (Fsp3) is 0.448. The normalized spacial score (nSPS) is 27.1. The second-order valence-electron chi connectivity index (χ2n) is 10.5. The molecule has 2 atom stereocenters. The van der Waals surface area contributed by atoms with Gasteiger partial charge in [-0.25, -0.2) is 0 Å². The van der Waals surface area contributed by atoms with Crippen LogP contribution < -0.4 is 0 Å². The Labute approximate surface area is 201 Å². The lowest BCUT2D eigenvalue weighted by Crippen LogP contribution is -2.65.